The molecule has 1 aliphatic carbocycles. The normalized spacial score (nSPS) is 29.6. The molecule has 2 heterocycles. The Bertz CT molecular complexity index is 712. The molecule has 1 aromatic carbocycles. The number of carbonyl (C=O) groups is 1. The molecule has 166 valence electrons. The van der Waals surface area contributed by atoms with Crippen LogP contribution in [0.2, 0.25) is 0 Å². The Morgan fingerprint density at radius 2 is 1.73 bits per heavy atom. The molecule has 0 radical (unpaired) electrons. The summed E-state index contributed by atoms with van der Waals surface area (Å²) in [5.41, 5.74) is 1.93. The first kappa shape index (κ1) is 21.6. The van der Waals surface area contributed by atoms with E-state index in [9.17, 15) is 9.90 Å². The number of fused-ring (bicyclic) bond motifs is 1. The number of benzene rings is 1. The van der Waals surface area contributed by atoms with Gasteiger partial charge in [0, 0.05) is 50.4 Å². The molecule has 5 nitrogen and oxygen atoms in total. The zero-order chi connectivity index (χ0) is 21.1. The molecule has 1 N–H and O–H groups in total. The smallest absolute Gasteiger partial charge is 0.236 e. The van der Waals surface area contributed by atoms with Crippen molar-refractivity contribution in [3.63, 3.8) is 0 Å². The summed E-state index contributed by atoms with van der Waals surface area (Å²) < 4.78 is 0. The monoisotopic (exact) mass is 413 g/mol. The van der Waals surface area contributed by atoms with Gasteiger partial charge in [-0.3, -0.25) is 9.69 Å². The van der Waals surface area contributed by atoms with Gasteiger partial charge in [-0.05, 0) is 63.6 Å². The van der Waals surface area contributed by atoms with Crippen molar-refractivity contribution in [1.82, 2.24) is 9.80 Å². The zero-order valence-corrected chi connectivity index (χ0v) is 18.9. The highest BCUT2D eigenvalue weighted by Gasteiger charge is 2.49. The molecule has 4 rings (SSSR count). The average molecular weight is 414 g/mol. The predicted octanol–water partition coefficient (Wildman–Crippen LogP) is 3.82. The van der Waals surface area contributed by atoms with Crippen LogP contribution in [-0.4, -0.2) is 65.7 Å². The van der Waals surface area contributed by atoms with Crippen LogP contribution in [0.25, 0.3) is 0 Å². The van der Waals surface area contributed by atoms with Gasteiger partial charge < -0.3 is 14.9 Å². The summed E-state index contributed by atoms with van der Waals surface area (Å²) in [6.45, 7) is 9.46. The van der Waals surface area contributed by atoms with Crippen molar-refractivity contribution in [2.75, 3.05) is 44.2 Å². The number of aliphatic hydroxyl groups is 1. The van der Waals surface area contributed by atoms with E-state index in [4.69, 9.17) is 0 Å². The summed E-state index contributed by atoms with van der Waals surface area (Å²) in [5, 5.41) is 11.5. The van der Waals surface area contributed by atoms with Crippen LogP contribution < -0.4 is 4.90 Å². The standard InChI is InChI=1S/C25H39N3O2/c1-3-26(4-2)21-12-10-20(11-13-21)24-22-9-5-6-14-25(22,30)15-18-28(24)19-23(29)27-16-7-8-17-27/h10-13,22,24,30H,3-9,14-19H2,1-2H3/t22-,24+,25+/m0/s1. The van der Waals surface area contributed by atoms with Crippen molar-refractivity contribution in [1.29, 1.82) is 0 Å². The molecule has 0 unspecified atom stereocenters. The fourth-order valence-corrected chi connectivity index (χ4v) is 6.07. The highest BCUT2D eigenvalue weighted by molar-refractivity contribution is 5.78. The lowest BCUT2D eigenvalue weighted by Gasteiger charge is -2.52. The number of rotatable bonds is 6. The molecule has 0 bridgehead atoms. The first-order valence-corrected chi connectivity index (χ1v) is 12.1. The Morgan fingerprint density at radius 1 is 1.03 bits per heavy atom. The molecular formula is C25H39N3O2. The van der Waals surface area contributed by atoms with Crippen LogP contribution in [0.5, 0.6) is 0 Å². The zero-order valence-electron chi connectivity index (χ0n) is 18.9. The molecular weight excluding hydrogens is 374 g/mol. The second kappa shape index (κ2) is 9.27. The summed E-state index contributed by atoms with van der Waals surface area (Å²) in [6.07, 6.45) is 7.29. The number of hydrogen-bond acceptors (Lipinski definition) is 4. The molecule has 5 heteroatoms. The number of carbonyl (C=O) groups excluding carboxylic acids is 1. The minimum atomic E-state index is -0.576. The molecule has 1 aromatic rings. The van der Waals surface area contributed by atoms with Crippen LogP contribution >= 0.6 is 0 Å². The Kier molecular flexibility index (Phi) is 6.69. The van der Waals surface area contributed by atoms with E-state index in [0.717, 1.165) is 71.2 Å². The fourth-order valence-electron chi connectivity index (χ4n) is 6.07. The van der Waals surface area contributed by atoms with Crippen LogP contribution in [0.3, 0.4) is 0 Å². The molecule has 1 saturated carbocycles. The third kappa shape index (κ3) is 4.24. The Hall–Kier alpha value is -1.59. The molecule has 3 fully saturated rings. The number of hydrogen-bond donors (Lipinski definition) is 1. The van der Waals surface area contributed by atoms with Gasteiger partial charge in [0.1, 0.15) is 0 Å². The Labute approximate surface area is 182 Å². The minimum Gasteiger partial charge on any atom is -0.389 e. The molecule has 3 atom stereocenters. The van der Waals surface area contributed by atoms with E-state index in [1.165, 1.54) is 17.7 Å². The lowest BCUT2D eigenvalue weighted by molar-refractivity contribution is -0.144. The number of piperidine rings is 1. The van der Waals surface area contributed by atoms with Crippen molar-refractivity contribution < 1.29 is 9.90 Å². The summed E-state index contributed by atoms with van der Waals surface area (Å²) >= 11 is 0. The van der Waals surface area contributed by atoms with Crippen molar-refractivity contribution in [3.8, 4) is 0 Å². The summed E-state index contributed by atoms with van der Waals surface area (Å²) in [7, 11) is 0. The lowest BCUT2D eigenvalue weighted by atomic mass is 9.66. The van der Waals surface area contributed by atoms with Crippen LogP contribution in [0.4, 0.5) is 5.69 Å². The number of nitrogens with zero attached hydrogens (tertiary/aromatic N) is 3. The fraction of sp³-hybridized carbons (Fsp3) is 0.720. The van der Waals surface area contributed by atoms with E-state index in [1.807, 2.05) is 4.90 Å². The first-order chi connectivity index (χ1) is 14.6. The maximum atomic E-state index is 13.0. The largest absolute Gasteiger partial charge is 0.389 e. The van der Waals surface area contributed by atoms with Crippen molar-refractivity contribution in [3.05, 3.63) is 29.8 Å². The lowest BCUT2D eigenvalue weighted by Crippen LogP contribution is -2.56. The topological polar surface area (TPSA) is 47.0 Å². The molecule has 2 saturated heterocycles. The van der Waals surface area contributed by atoms with Gasteiger partial charge in [-0.2, -0.15) is 0 Å². The maximum Gasteiger partial charge on any atom is 0.236 e. The number of amides is 1. The molecule has 1 amide bonds. The third-order valence-corrected chi connectivity index (χ3v) is 7.83. The summed E-state index contributed by atoms with van der Waals surface area (Å²) in [5.74, 6) is 0.476. The first-order valence-electron chi connectivity index (χ1n) is 12.1. The highest BCUT2D eigenvalue weighted by Crippen LogP contribution is 2.49. The minimum absolute atomic E-state index is 0.126. The van der Waals surface area contributed by atoms with Gasteiger partial charge in [-0.25, -0.2) is 0 Å². The van der Waals surface area contributed by atoms with Gasteiger partial charge in [0.05, 0.1) is 12.1 Å². The summed E-state index contributed by atoms with van der Waals surface area (Å²) in [4.78, 5) is 19.7. The van der Waals surface area contributed by atoms with E-state index < -0.39 is 5.60 Å². The Morgan fingerprint density at radius 3 is 2.40 bits per heavy atom. The molecule has 0 spiro atoms. The van der Waals surface area contributed by atoms with Crippen LogP contribution in [0.15, 0.2) is 24.3 Å². The highest BCUT2D eigenvalue weighted by atomic mass is 16.3. The predicted molar refractivity (Wildman–Crippen MR) is 122 cm³/mol. The van der Waals surface area contributed by atoms with Crippen LogP contribution in [0, 0.1) is 5.92 Å². The second-order valence-corrected chi connectivity index (χ2v) is 9.47. The van der Waals surface area contributed by atoms with E-state index in [2.05, 4.69) is 47.9 Å². The Balaban J connectivity index is 1.60. The van der Waals surface area contributed by atoms with Gasteiger partial charge in [-0.1, -0.05) is 25.0 Å². The SMILES string of the molecule is CCN(CC)c1ccc([C@@H]2[C@@H]3CCCC[C@@]3(O)CCN2CC(=O)N2CCCC2)cc1. The molecule has 0 aromatic heterocycles. The van der Waals surface area contributed by atoms with Crippen molar-refractivity contribution >= 4 is 11.6 Å². The van der Waals surface area contributed by atoms with Gasteiger partial charge in [0.15, 0.2) is 0 Å². The van der Waals surface area contributed by atoms with Crippen LogP contribution in [-0.2, 0) is 4.79 Å². The van der Waals surface area contributed by atoms with Gasteiger partial charge in [-0.15, -0.1) is 0 Å². The van der Waals surface area contributed by atoms with E-state index in [0.29, 0.717) is 6.54 Å². The summed E-state index contributed by atoms with van der Waals surface area (Å²) in [6, 6.07) is 9.05. The third-order valence-electron chi connectivity index (χ3n) is 7.83. The number of anilines is 1. The van der Waals surface area contributed by atoms with Crippen molar-refractivity contribution in [2.45, 2.75) is 70.4 Å². The molecule has 30 heavy (non-hydrogen) atoms. The quantitative estimate of drug-likeness (QED) is 0.770. The second-order valence-electron chi connectivity index (χ2n) is 9.47. The van der Waals surface area contributed by atoms with E-state index in [1.54, 1.807) is 0 Å². The molecule has 3 aliphatic rings. The van der Waals surface area contributed by atoms with Gasteiger partial charge >= 0.3 is 0 Å². The van der Waals surface area contributed by atoms with E-state index >= 15 is 0 Å². The van der Waals surface area contributed by atoms with Crippen LogP contribution in [0.1, 0.15) is 70.4 Å². The average Bonchev–Trinajstić information content (AvgIpc) is 3.30. The van der Waals surface area contributed by atoms with E-state index in [-0.39, 0.29) is 17.9 Å². The van der Waals surface area contributed by atoms with Crippen molar-refractivity contribution in [2.24, 2.45) is 5.92 Å². The molecule has 2 aliphatic heterocycles. The van der Waals surface area contributed by atoms with Gasteiger partial charge in [0.2, 0.25) is 5.91 Å². The number of likely N-dealkylation sites (tertiary alicyclic amines) is 2. The van der Waals surface area contributed by atoms with Gasteiger partial charge in [0.25, 0.3) is 0 Å². The maximum absolute atomic E-state index is 13.0.